The molecule has 0 saturated carbocycles. The highest BCUT2D eigenvalue weighted by molar-refractivity contribution is 8.42. The predicted molar refractivity (Wildman–Crippen MR) is 99.5 cm³/mol. The minimum atomic E-state index is 0.588. The molecule has 0 atom stereocenters. The van der Waals surface area contributed by atoms with Crippen molar-refractivity contribution >= 4 is 70.6 Å². The van der Waals surface area contributed by atoms with Crippen LogP contribution in [0.4, 0.5) is 0 Å². The van der Waals surface area contributed by atoms with Gasteiger partial charge in [-0.05, 0) is 0 Å². The third-order valence-corrected chi connectivity index (χ3v) is 10.9. The molecule has 2 aliphatic heterocycles. The molecule has 8 heteroatoms. The molecule has 106 valence electrons. The van der Waals surface area contributed by atoms with Crippen molar-refractivity contribution in [3.8, 4) is 12.1 Å². The molecule has 0 aromatic carbocycles. The van der Waals surface area contributed by atoms with Crippen LogP contribution in [0.2, 0.25) is 0 Å². The Morgan fingerprint density at radius 2 is 1.35 bits per heavy atom. The average molecular weight is 377 g/mol. The van der Waals surface area contributed by atoms with Crippen molar-refractivity contribution in [2.75, 3.05) is 23.0 Å². The maximum atomic E-state index is 8.66. The summed E-state index contributed by atoms with van der Waals surface area (Å²) in [6.07, 6.45) is 1.18. The van der Waals surface area contributed by atoms with E-state index in [0.29, 0.717) is 12.8 Å². The lowest BCUT2D eigenvalue weighted by Gasteiger charge is -2.01. The molecule has 1 fully saturated rings. The second-order valence-corrected chi connectivity index (χ2v) is 11.1. The molecular weight excluding hydrogens is 365 g/mol. The van der Waals surface area contributed by atoms with Gasteiger partial charge in [0.25, 0.3) is 0 Å². The van der Waals surface area contributed by atoms with E-state index < -0.39 is 0 Å². The zero-order valence-corrected chi connectivity index (χ0v) is 15.5. The quantitative estimate of drug-likeness (QED) is 0.564. The lowest BCUT2D eigenvalue weighted by atomic mass is 10.6. The minimum absolute atomic E-state index is 0.588. The summed E-state index contributed by atoms with van der Waals surface area (Å²) >= 11 is 11.2. The van der Waals surface area contributed by atoms with Gasteiger partial charge >= 0.3 is 0 Å². The zero-order chi connectivity index (χ0) is 14.2. The zero-order valence-electron chi connectivity index (χ0n) is 10.6. The third-order valence-electron chi connectivity index (χ3n) is 2.15. The number of thioether (sulfide) groups is 6. The maximum absolute atomic E-state index is 8.66. The van der Waals surface area contributed by atoms with Crippen LogP contribution in [0, 0.1) is 22.7 Å². The summed E-state index contributed by atoms with van der Waals surface area (Å²) < 4.78 is 5.50. The highest BCUT2D eigenvalue weighted by atomic mass is 32.3. The molecular formula is C12H12N2S6. The molecule has 2 heterocycles. The van der Waals surface area contributed by atoms with Gasteiger partial charge in [-0.3, -0.25) is 0 Å². The molecule has 0 spiro atoms. The van der Waals surface area contributed by atoms with Crippen LogP contribution in [-0.4, -0.2) is 23.0 Å². The SMILES string of the molecule is N#CCCSC1=C(SCCC#N)SC(=C2SCCS2)S1. The molecule has 0 amide bonds. The first kappa shape index (κ1) is 16.9. The maximum Gasteiger partial charge on any atom is 0.0710 e. The first-order chi connectivity index (χ1) is 9.85. The van der Waals surface area contributed by atoms with Gasteiger partial charge in [-0.15, -0.1) is 47.0 Å². The molecule has 0 unspecified atom stereocenters. The summed E-state index contributed by atoms with van der Waals surface area (Å²) in [5, 5.41) is 17.3. The van der Waals surface area contributed by atoms with Crippen molar-refractivity contribution in [1.82, 2.24) is 0 Å². The number of rotatable bonds is 6. The molecule has 2 nitrogen and oxygen atoms in total. The van der Waals surface area contributed by atoms with Crippen molar-refractivity contribution in [2.24, 2.45) is 0 Å². The second kappa shape index (κ2) is 9.55. The van der Waals surface area contributed by atoms with Gasteiger partial charge < -0.3 is 0 Å². The Bertz CT molecular complexity index is 457. The first-order valence-corrected chi connectivity index (χ1v) is 11.5. The largest absolute Gasteiger partial charge is 0.198 e. The smallest absolute Gasteiger partial charge is 0.0710 e. The van der Waals surface area contributed by atoms with E-state index in [9.17, 15) is 0 Å². The van der Waals surface area contributed by atoms with Gasteiger partial charge in [0.1, 0.15) is 0 Å². The standard InChI is InChI=1S/C12H12N2S6/c13-3-1-5-15-10-11(16-6-2-4-14)20-12(19-10)9-17-7-8-18-9/h1-2,5-8H2. The summed E-state index contributed by atoms with van der Waals surface area (Å²) in [6.45, 7) is 0. The van der Waals surface area contributed by atoms with Crippen LogP contribution in [0.5, 0.6) is 0 Å². The lowest BCUT2D eigenvalue weighted by molar-refractivity contribution is 1.24. The van der Waals surface area contributed by atoms with Crippen LogP contribution in [-0.2, 0) is 0 Å². The van der Waals surface area contributed by atoms with E-state index in [0.717, 1.165) is 11.5 Å². The van der Waals surface area contributed by atoms with E-state index in [-0.39, 0.29) is 0 Å². The average Bonchev–Trinajstić information content (AvgIpc) is 3.09. The molecule has 20 heavy (non-hydrogen) atoms. The van der Waals surface area contributed by atoms with Crippen molar-refractivity contribution in [1.29, 1.82) is 10.5 Å². The van der Waals surface area contributed by atoms with Crippen molar-refractivity contribution < 1.29 is 0 Å². The Kier molecular flexibility index (Phi) is 8.08. The lowest BCUT2D eigenvalue weighted by Crippen LogP contribution is -1.79. The molecule has 2 aliphatic rings. The Morgan fingerprint density at radius 3 is 1.80 bits per heavy atom. The summed E-state index contributed by atoms with van der Waals surface area (Å²) in [4.78, 5) is 0. The molecule has 0 aromatic heterocycles. The summed E-state index contributed by atoms with van der Waals surface area (Å²) in [5.41, 5.74) is 0. The fourth-order valence-corrected chi connectivity index (χ4v) is 9.98. The summed E-state index contributed by atoms with van der Waals surface area (Å²) in [7, 11) is 0. The highest BCUT2D eigenvalue weighted by Gasteiger charge is 2.26. The Labute approximate surface area is 145 Å². The van der Waals surface area contributed by atoms with E-state index in [4.69, 9.17) is 10.5 Å². The van der Waals surface area contributed by atoms with Crippen LogP contribution < -0.4 is 0 Å². The van der Waals surface area contributed by atoms with Crippen molar-refractivity contribution in [3.05, 3.63) is 16.9 Å². The Balaban J connectivity index is 1.99. The molecule has 0 bridgehead atoms. The second-order valence-electron chi connectivity index (χ2n) is 3.56. The number of nitriles is 2. The molecule has 0 N–H and O–H groups in total. The van der Waals surface area contributed by atoms with E-state index in [1.807, 2.05) is 47.0 Å². The van der Waals surface area contributed by atoms with Crippen LogP contribution >= 0.6 is 70.6 Å². The summed E-state index contributed by atoms with van der Waals surface area (Å²) in [6, 6.07) is 4.39. The van der Waals surface area contributed by atoms with E-state index in [1.54, 1.807) is 23.5 Å². The van der Waals surface area contributed by atoms with Gasteiger partial charge in [0.2, 0.25) is 0 Å². The van der Waals surface area contributed by atoms with E-state index in [2.05, 4.69) is 12.1 Å². The van der Waals surface area contributed by atoms with Crippen LogP contribution in [0.3, 0.4) is 0 Å². The minimum Gasteiger partial charge on any atom is -0.198 e. The van der Waals surface area contributed by atoms with Gasteiger partial charge in [-0.1, -0.05) is 23.5 Å². The van der Waals surface area contributed by atoms with Gasteiger partial charge in [0.15, 0.2) is 0 Å². The normalized spacial score (nSPS) is 18.5. The molecule has 1 saturated heterocycles. The molecule has 0 aliphatic carbocycles. The van der Waals surface area contributed by atoms with Gasteiger partial charge in [-0.2, -0.15) is 10.5 Å². The highest BCUT2D eigenvalue weighted by Crippen LogP contribution is 2.61. The first-order valence-electron chi connectivity index (χ1n) is 5.94. The number of hydrogen-bond donors (Lipinski definition) is 0. The monoisotopic (exact) mass is 376 g/mol. The third kappa shape index (κ3) is 5.08. The van der Waals surface area contributed by atoms with Crippen molar-refractivity contribution in [3.63, 3.8) is 0 Å². The summed E-state index contributed by atoms with van der Waals surface area (Å²) in [5.74, 6) is 4.12. The van der Waals surface area contributed by atoms with Gasteiger partial charge in [-0.25, -0.2) is 0 Å². The van der Waals surface area contributed by atoms with Crippen LogP contribution in [0.1, 0.15) is 12.8 Å². The van der Waals surface area contributed by atoms with Gasteiger partial charge in [0.05, 0.1) is 29.1 Å². The predicted octanol–water partition coefficient (Wildman–Crippen LogP) is 5.49. The van der Waals surface area contributed by atoms with E-state index in [1.165, 1.54) is 28.5 Å². The molecule has 2 rings (SSSR count). The van der Waals surface area contributed by atoms with Gasteiger partial charge in [0, 0.05) is 35.9 Å². The molecule has 0 radical (unpaired) electrons. The van der Waals surface area contributed by atoms with Crippen LogP contribution in [0.25, 0.3) is 0 Å². The topological polar surface area (TPSA) is 47.6 Å². The Morgan fingerprint density at radius 1 is 0.850 bits per heavy atom. The fraction of sp³-hybridized carbons (Fsp3) is 0.500. The fourth-order valence-electron chi connectivity index (χ4n) is 1.34. The van der Waals surface area contributed by atoms with Crippen LogP contribution in [0.15, 0.2) is 16.9 Å². The Hall–Kier alpha value is 0.560. The number of nitrogens with zero attached hydrogens (tertiary/aromatic N) is 2. The van der Waals surface area contributed by atoms with E-state index >= 15 is 0 Å². The number of hydrogen-bond acceptors (Lipinski definition) is 8. The van der Waals surface area contributed by atoms with Crippen molar-refractivity contribution in [2.45, 2.75) is 12.8 Å². The molecule has 0 aromatic rings.